The zero-order valence-electron chi connectivity index (χ0n) is 18.3. The van der Waals surface area contributed by atoms with E-state index < -0.39 is 5.92 Å². The van der Waals surface area contributed by atoms with Crippen LogP contribution >= 0.6 is 11.3 Å². The Hall–Kier alpha value is -3.86. The number of benzene rings is 1. The number of amides is 3. The Morgan fingerprint density at radius 3 is 2.82 bits per heavy atom. The van der Waals surface area contributed by atoms with Gasteiger partial charge in [-0.15, -0.1) is 11.3 Å². The Morgan fingerprint density at radius 1 is 1.18 bits per heavy atom. The van der Waals surface area contributed by atoms with Crippen LogP contribution in [0.5, 0.6) is 11.5 Å². The lowest BCUT2D eigenvalue weighted by Crippen LogP contribution is -2.28. The molecule has 176 valence electrons. The Labute approximate surface area is 198 Å². The van der Waals surface area contributed by atoms with Gasteiger partial charge in [-0.3, -0.25) is 14.4 Å². The molecule has 0 radical (unpaired) electrons. The molecule has 1 fully saturated rings. The lowest BCUT2D eigenvalue weighted by molar-refractivity contribution is -0.122. The van der Waals surface area contributed by atoms with Crippen LogP contribution < -0.4 is 25.0 Å². The molecule has 1 unspecified atom stereocenters. The van der Waals surface area contributed by atoms with Crippen LogP contribution in [0, 0.1) is 5.92 Å². The number of aromatic nitrogens is 1. The fourth-order valence-electron chi connectivity index (χ4n) is 3.81. The minimum absolute atomic E-state index is 0.114. The molecular formula is C23H22N4O6S. The second-order valence-corrected chi connectivity index (χ2v) is 8.79. The third-order valence-corrected chi connectivity index (χ3v) is 6.25. The number of nitrogens with one attached hydrogen (secondary N) is 2. The molecule has 0 aliphatic carbocycles. The summed E-state index contributed by atoms with van der Waals surface area (Å²) in [4.78, 5) is 42.5. The highest BCUT2D eigenvalue weighted by molar-refractivity contribution is 7.14. The Morgan fingerprint density at radius 2 is 2.00 bits per heavy atom. The Bertz CT molecular complexity index is 1250. The topological polar surface area (TPSA) is 123 Å². The van der Waals surface area contributed by atoms with Crippen LogP contribution in [-0.4, -0.2) is 42.5 Å². The van der Waals surface area contributed by atoms with Crippen molar-refractivity contribution in [1.82, 2.24) is 10.3 Å². The largest absolute Gasteiger partial charge is 0.486 e. The molecule has 2 N–H and O–H groups in total. The molecule has 2 aromatic heterocycles. The maximum absolute atomic E-state index is 12.8. The van der Waals surface area contributed by atoms with Gasteiger partial charge in [0.2, 0.25) is 17.7 Å². The van der Waals surface area contributed by atoms with E-state index >= 15 is 0 Å². The van der Waals surface area contributed by atoms with Crippen LogP contribution in [0.4, 0.5) is 10.8 Å². The molecule has 3 amide bonds. The second-order valence-electron chi connectivity index (χ2n) is 7.94. The molecule has 5 rings (SSSR count). The number of nitrogens with zero attached hydrogens (tertiary/aromatic N) is 2. The fraction of sp³-hybridized carbons (Fsp3) is 0.304. The highest BCUT2D eigenvalue weighted by Gasteiger charge is 2.36. The smallest absolute Gasteiger partial charge is 0.231 e. The molecule has 2 aliphatic heterocycles. The fourth-order valence-corrected chi connectivity index (χ4v) is 4.51. The van der Waals surface area contributed by atoms with Crippen molar-refractivity contribution in [2.75, 3.05) is 30.0 Å². The van der Waals surface area contributed by atoms with E-state index in [4.69, 9.17) is 13.9 Å². The number of fused-ring (bicyclic) bond motifs is 1. The number of anilines is 2. The molecule has 0 saturated carbocycles. The zero-order valence-corrected chi connectivity index (χ0v) is 19.1. The number of furan rings is 1. The number of hydrogen-bond donors (Lipinski definition) is 2. The number of thiazole rings is 1. The van der Waals surface area contributed by atoms with Crippen molar-refractivity contribution in [3.63, 3.8) is 0 Å². The quantitative estimate of drug-likeness (QED) is 0.554. The molecule has 1 saturated heterocycles. The molecule has 1 aromatic carbocycles. The van der Waals surface area contributed by atoms with Gasteiger partial charge in [0.15, 0.2) is 22.4 Å². The van der Waals surface area contributed by atoms with E-state index in [2.05, 4.69) is 15.6 Å². The van der Waals surface area contributed by atoms with Gasteiger partial charge in [0.1, 0.15) is 24.7 Å². The standard InChI is InChI=1S/C23H22N4O6S/c1-13(28)24-10-16-3-5-18(33-16)17-12-34-23(25-17)26-22(30)14-8-21(29)27(11-14)15-2-4-19-20(9-15)32-7-6-31-19/h2-5,9,12,14H,6-8,10-11H2,1H3,(H,24,28)(H,25,26,30). The molecule has 34 heavy (non-hydrogen) atoms. The maximum Gasteiger partial charge on any atom is 0.231 e. The highest BCUT2D eigenvalue weighted by atomic mass is 32.1. The molecule has 10 nitrogen and oxygen atoms in total. The van der Waals surface area contributed by atoms with Crippen LogP contribution in [0.3, 0.4) is 0 Å². The first kappa shape index (κ1) is 22.0. The summed E-state index contributed by atoms with van der Waals surface area (Å²) in [7, 11) is 0. The number of carbonyl (C=O) groups excluding carboxylic acids is 3. The average molecular weight is 483 g/mol. The number of hydrogen-bond acceptors (Lipinski definition) is 8. The zero-order chi connectivity index (χ0) is 23.7. The van der Waals surface area contributed by atoms with Gasteiger partial charge < -0.3 is 29.4 Å². The van der Waals surface area contributed by atoms with Crippen LogP contribution in [0.1, 0.15) is 19.1 Å². The normalized spacial score (nSPS) is 17.0. The third kappa shape index (κ3) is 4.60. The van der Waals surface area contributed by atoms with Crippen LogP contribution in [0.15, 0.2) is 40.1 Å². The lowest BCUT2D eigenvalue weighted by Gasteiger charge is -2.22. The van der Waals surface area contributed by atoms with Gasteiger partial charge in [0.05, 0.1) is 12.5 Å². The molecule has 4 heterocycles. The van der Waals surface area contributed by atoms with Gasteiger partial charge in [-0.1, -0.05) is 0 Å². The van der Waals surface area contributed by atoms with E-state index in [0.29, 0.717) is 59.3 Å². The minimum Gasteiger partial charge on any atom is -0.486 e. The van der Waals surface area contributed by atoms with E-state index in [-0.39, 0.29) is 30.7 Å². The summed E-state index contributed by atoms with van der Waals surface area (Å²) in [5.74, 6) is 1.35. The van der Waals surface area contributed by atoms with E-state index in [9.17, 15) is 14.4 Å². The molecule has 11 heteroatoms. The molecule has 1 atom stereocenters. The van der Waals surface area contributed by atoms with Crippen molar-refractivity contribution in [2.45, 2.75) is 19.9 Å². The van der Waals surface area contributed by atoms with Gasteiger partial charge in [-0.2, -0.15) is 0 Å². The van der Waals surface area contributed by atoms with E-state index in [1.807, 2.05) is 0 Å². The summed E-state index contributed by atoms with van der Waals surface area (Å²) in [6.45, 7) is 2.95. The van der Waals surface area contributed by atoms with Crippen molar-refractivity contribution in [2.24, 2.45) is 5.92 Å². The van der Waals surface area contributed by atoms with Crippen molar-refractivity contribution in [1.29, 1.82) is 0 Å². The van der Waals surface area contributed by atoms with Crippen molar-refractivity contribution < 1.29 is 28.3 Å². The number of carbonyl (C=O) groups is 3. The highest BCUT2D eigenvalue weighted by Crippen LogP contribution is 2.36. The Kier molecular flexibility index (Phi) is 5.93. The van der Waals surface area contributed by atoms with Crippen molar-refractivity contribution >= 4 is 39.9 Å². The molecule has 2 aliphatic rings. The first-order valence-corrected chi connectivity index (χ1v) is 11.6. The van der Waals surface area contributed by atoms with Crippen molar-refractivity contribution in [3.8, 4) is 23.0 Å². The van der Waals surface area contributed by atoms with E-state index in [0.717, 1.165) is 0 Å². The second kappa shape index (κ2) is 9.18. The predicted octanol–water partition coefficient (Wildman–Crippen LogP) is 2.80. The minimum atomic E-state index is -0.499. The van der Waals surface area contributed by atoms with Gasteiger partial charge >= 0.3 is 0 Å². The van der Waals surface area contributed by atoms with Gasteiger partial charge in [0.25, 0.3) is 0 Å². The van der Waals surface area contributed by atoms with Crippen LogP contribution in [0.25, 0.3) is 11.5 Å². The SMILES string of the molecule is CC(=O)NCc1ccc(-c2csc(NC(=O)C3CC(=O)N(c4ccc5c(c4)OCCO5)C3)n2)o1. The van der Waals surface area contributed by atoms with E-state index in [1.54, 1.807) is 40.6 Å². The van der Waals surface area contributed by atoms with Crippen LogP contribution in [0.2, 0.25) is 0 Å². The maximum atomic E-state index is 12.8. The summed E-state index contributed by atoms with van der Waals surface area (Å²) in [6, 6.07) is 8.86. The predicted molar refractivity (Wildman–Crippen MR) is 124 cm³/mol. The molecule has 3 aromatic rings. The number of ether oxygens (including phenoxy) is 2. The first-order chi connectivity index (χ1) is 16.5. The summed E-state index contributed by atoms with van der Waals surface area (Å²) in [5.41, 5.74) is 1.25. The van der Waals surface area contributed by atoms with Crippen molar-refractivity contribution in [3.05, 3.63) is 41.5 Å². The molecule has 0 spiro atoms. The van der Waals surface area contributed by atoms with Gasteiger partial charge in [-0.05, 0) is 24.3 Å². The monoisotopic (exact) mass is 482 g/mol. The van der Waals surface area contributed by atoms with Gasteiger partial charge in [-0.25, -0.2) is 4.98 Å². The molecular weight excluding hydrogens is 460 g/mol. The van der Waals surface area contributed by atoms with Gasteiger partial charge in [0, 0.05) is 37.0 Å². The number of rotatable bonds is 6. The summed E-state index contributed by atoms with van der Waals surface area (Å²) >= 11 is 1.27. The third-order valence-electron chi connectivity index (χ3n) is 5.49. The molecule has 0 bridgehead atoms. The first-order valence-electron chi connectivity index (χ1n) is 10.8. The summed E-state index contributed by atoms with van der Waals surface area (Å²) in [6.07, 6.45) is 0.114. The summed E-state index contributed by atoms with van der Waals surface area (Å²) in [5, 5.41) is 7.68. The van der Waals surface area contributed by atoms with E-state index in [1.165, 1.54) is 18.3 Å². The summed E-state index contributed by atoms with van der Waals surface area (Å²) < 4.78 is 16.8. The average Bonchev–Trinajstić information content (AvgIpc) is 3.57. The Balaban J connectivity index is 1.21. The van der Waals surface area contributed by atoms with Crippen LogP contribution in [-0.2, 0) is 20.9 Å². The lowest BCUT2D eigenvalue weighted by atomic mass is 10.1.